The molecule has 0 aliphatic carbocycles. The van der Waals surface area contributed by atoms with Crippen molar-refractivity contribution in [2.45, 2.75) is 27.3 Å². The topological polar surface area (TPSA) is 78.8 Å². The number of nitrogen functional groups attached to an aromatic ring is 1. The Hall–Kier alpha value is -2.11. The minimum atomic E-state index is 0.476. The van der Waals surface area contributed by atoms with Gasteiger partial charge in [-0.2, -0.15) is 0 Å². The first kappa shape index (κ1) is 14.3. The molecule has 6 heteroatoms. The largest absolute Gasteiger partial charge is 0.497 e. The third-order valence-electron chi connectivity index (χ3n) is 3.63. The van der Waals surface area contributed by atoms with Gasteiger partial charge in [0.15, 0.2) is 5.82 Å². The van der Waals surface area contributed by atoms with Crippen LogP contribution in [0.2, 0.25) is 0 Å². The quantitative estimate of drug-likeness (QED) is 0.846. The molecule has 2 N–H and O–H groups in total. The van der Waals surface area contributed by atoms with Crippen molar-refractivity contribution in [1.29, 1.82) is 0 Å². The van der Waals surface area contributed by atoms with E-state index in [2.05, 4.69) is 36.3 Å². The fourth-order valence-electron chi connectivity index (χ4n) is 1.86. The lowest BCUT2D eigenvalue weighted by atomic mass is 9.98. The maximum Gasteiger partial charge on any atom is 0.184 e. The Morgan fingerprint density at radius 2 is 2.05 bits per heavy atom. The smallest absolute Gasteiger partial charge is 0.184 e. The van der Waals surface area contributed by atoms with E-state index in [1.54, 1.807) is 17.9 Å². The van der Waals surface area contributed by atoms with Crippen LogP contribution in [0.15, 0.2) is 18.2 Å². The molecule has 0 fully saturated rings. The zero-order chi connectivity index (χ0) is 14.7. The highest BCUT2D eigenvalue weighted by Gasteiger charge is 2.16. The first-order valence-corrected chi connectivity index (χ1v) is 6.73. The lowest BCUT2D eigenvalue weighted by Gasteiger charge is -2.16. The van der Waals surface area contributed by atoms with Gasteiger partial charge < -0.3 is 10.5 Å². The molecule has 20 heavy (non-hydrogen) atoms. The summed E-state index contributed by atoms with van der Waals surface area (Å²) in [6.07, 6.45) is 0. The van der Waals surface area contributed by atoms with E-state index in [-0.39, 0.29) is 0 Å². The Morgan fingerprint density at radius 1 is 1.30 bits per heavy atom. The van der Waals surface area contributed by atoms with Gasteiger partial charge in [-0.25, -0.2) is 4.68 Å². The second kappa shape index (κ2) is 5.90. The summed E-state index contributed by atoms with van der Waals surface area (Å²) in [6.45, 7) is 7.32. The summed E-state index contributed by atoms with van der Waals surface area (Å²) in [6, 6.07) is 5.49. The summed E-state index contributed by atoms with van der Waals surface area (Å²) in [5.74, 6) is 2.45. The van der Waals surface area contributed by atoms with Gasteiger partial charge in [0.1, 0.15) is 5.75 Å². The molecule has 1 atom stereocenters. The Labute approximate surface area is 118 Å². The van der Waals surface area contributed by atoms with Crippen LogP contribution in [-0.2, 0) is 6.54 Å². The average Bonchev–Trinajstić information content (AvgIpc) is 2.87. The van der Waals surface area contributed by atoms with Crippen LogP contribution in [-0.4, -0.2) is 27.3 Å². The van der Waals surface area contributed by atoms with Crippen molar-refractivity contribution in [2.75, 3.05) is 12.8 Å². The number of benzene rings is 1. The summed E-state index contributed by atoms with van der Waals surface area (Å²) >= 11 is 0. The van der Waals surface area contributed by atoms with Crippen molar-refractivity contribution >= 4 is 5.69 Å². The minimum absolute atomic E-state index is 0.476. The number of anilines is 1. The van der Waals surface area contributed by atoms with Gasteiger partial charge in [0.05, 0.1) is 7.11 Å². The van der Waals surface area contributed by atoms with Crippen LogP contribution in [0.25, 0.3) is 11.4 Å². The highest BCUT2D eigenvalue weighted by molar-refractivity contribution is 5.73. The van der Waals surface area contributed by atoms with Crippen LogP contribution < -0.4 is 10.5 Å². The fraction of sp³-hybridized carbons (Fsp3) is 0.500. The average molecular weight is 275 g/mol. The summed E-state index contributed by atoms with van der Waals surface area (Å²) in [7, 11) is 1.62. The molecule has 108 valence electrons. The third-order valence-corrected chi connectivity index (χ3v) is 3.63. The second-order valence-electron chi connectivity index (χ2n) is 5.36. The van der Waals surface area contributed by atoms with E-state index in [0.717, 1.165) is 17.9 Å². The van der Waals surface area contributed by atoms with Gasteiger partial charge in [-0.15, -0.1) is 5.10 Å². The number of ether oxygens (including phenoxy) is 1. The van der Waals surface area contributed by atoms with Crippen LogP contribution in [0, 0.1) is 11.8 Å². The molecular weight excluding hydrogens is 254 g/mol. The molecule has 1 aromatic heterocycles. The number of nitrogens with zero attached hydrogens (tertiary/aromatic N) is 4. The first-order chi connectivity index (χ1) is 9.52. The molecule has 0 bridgehead atoms. The zero-order valence-electron chi connectivity index (χ0n) is 12.4. The molecule has 1 heterocycles. The van der Waals surface area contributed by atoms with Gasteiger partial charge in [0.2, 0.25) is 0 Å². The summed E-state index contributed by atoms with van der Waals surface area (Å²) in [5.41, 5.74) is 7.46. The second-order valence-corrected chi connectivity index (χ2v) is 5.36. The van der Waals surface area contributed by atoms with E-state index in [0.29, 0.717) is 23.3 Å². The molecule has 0 amide bonds. The van der Waals surface area contributed by atoms with Crippen LogP contribution >= 0.6 is 0 Å². The van der Waals surface area contributed by atoms with Crippen molar-refractivity contribution in [3.63, 3.8) is 0 Å². The summed E-state index contributed by atoms with van der Waals surface area (Å²) < 4.78 is 7.04. The molecule has 2 rings (SSSR count). The molecule has 0 spiro atoms. The Kier molecular flexibility index (Phi) is 4.22. The number of methoxy groups -OCH3 is 1. The van der Waals surface area contributed by atoms with E-state index < -0.39 is 0 Å². The van der Waals surface area contributed by atoms with Crippen molar-refractivity contribution in [3.8, 4) is 17.1 Å². The van der Waals surface area contributed by atoms with Crippen LogP contribution in [0.5, 0.6) is 5.75 Å². The van der Waals surface area contributed by atoms with Crippen molar-refractivity contribution < 1.29 is 4.74 Å². The molecule has 6 nitrogen and oxygen atoms in total. The normalized spacial score (nSPS) is 12.7. The highest BCUT2D eigenvalue weighted by Crippen LogP contribution is 2.28. The first-order valence-electron chi connectivity index (χ1n) is 6.73. The number of aromatic nitrogens is 4. The molecule has 1 unspecified atom stereocenters. The number of nitrogens with two attached hydrogens (primary N) is 1. The van der Waals surface area contributed by atoms with Gasteiger partial charge in [0.25, 0.3) is 0 Å². The molecule has 0 aliphatic rings. The predicted octanol–water partition coefficient (Wildman–Crippen LogP) is 2.22. The van der Waals surface area contributed by atoms with Crippen LogP contribution in [0.3, 0.4) is 0 Å². The van der Waals surface area contributed by atoms with E-state index in [1.807, 2.05) is 12.1 Å². The molecule has 1 aromatic carbocycles. The van der Waals surface area contributed by atoms with Gasteiger partial charge in [-0.3, -0.25) is 0 Å². The molecule has 0 radical (unpaired) electrons. The van der Waals surface area contributed by atoms with E-state index >= 15 is 0 Å². The number of rotatable bonds is 5. The standard InChI is InChI=1S/C14H21N5O/c1-9(2)10(3)8-19-14(16-17-18-19)12-7-11(20-4)5-6-13(12)15/h5-7,9-10H,8,15H2,1-4H3. The van der Waals surface area contributed by atoms with Gasteiger partial charge in [-0.05, 0) is 40.5 Å². The maximum absolute atomic E-state index is 6.03. The Balaban J connectivity index is 2.37. The highest BCUT2D eigenvalue weighted by atomic mass is 16.5. The van der Waals surface area contributed by atoms with E-state index in [1.165, 1.54) is 0 Å². The molecule has 0 saturated heterocycles. The van der Waals surface area contributed by atoms with Crippen LogP contribution in [0.1, 0.15) is 20.8 Å². The SMILES string of the molecule is COc1ccc(N)c(-c2nnnn2CC(C)C(C)C)c1. The zero-order valence-corrected chi connectivity index (χ0v) is 12.4. The number of hydrogen-bond acceptors (Lipinski definition) is 5. The van der Waals surface area contributed by atoms with E-state index in [9.17, 15) is 0 Å². The van der Waals surface area contributed by atoms with Gasteiger partial charge in [-0.1, -0.05) is 20.8 Å². The summed E-state index contributed by atoms with van der Waals surface area (Å²) in [5, 5.41) is 11.9. The molecule has 0 aliphatic heterocycles. The molecule has 2 aromatic rings. The lowest BCUT2D eigenvalue weighted by molar-refractivity contribution is 0.347. The summed E-state index contributed by atoms with van der Waals surface area (Å²) in [4.78, 5) is 0. The Bertz CT molecular complexity index is 579. The minimum Gasteiger partial charge on any atom is -0.497 e. The van der Waals surface area contributed by atoms with E-state index in [4.69, 9.17) is 10.5 Å². The third kappa shape index (κ3) is 2.89. The number of hydrogen-bond donors (Lipinski definition) is 1. The predicted molar refractivity (Wildman–Crippen MR) is 78.2 cm³/mol. The maximum atomic E-state index is 6.03. The van der Waals surface area contributed by atoms with Gasteiger partial charge in [0, 0.05) is 17.8 Å². The van der Waals surface area contributed by atoms with Crippen LogP contribution in [0.4, 0.5) is 5.69 Å². The lowest BCUT2D eigenvalue weighted by Crippen LogP contribution is -2.15. The molecular formula is C14H21N5O. The van der Waals surface area contributed by atoms with Gasteiger partial charge >= 0.3 is 0 Å². The monoisotopic (exact) mass is 275 g/mol. The number of tetrazole rings is 1. The molecule has 0 saturated carbocycles. The fourth-order valence-corrected chi connectivity index (χ4v) is 1.86. The van der Waals surface area contributed by atoms with Crippen molar-refractivity contribution in [3.05, 3.63) is 18.2 Å². The van der Waals surface area contributed by atoms with Crippen molar-refractivity contribution in [2.24, 2.45) is 11.8 Å². The van der Waals surface area contributed by atoms with Crippen molar-refractivity contribution in [1.82, 2.24) is 20.2 Å². The Morgan fingerprint density at radius 3 is 2.70 bits per heavy atom.